The molecule has 1 aromatic carbocycles. The summed E-state index contributed by atoms with van der Waals surface area (Å²) in [4.78, 5) is 13.8. The second-order valence-corrected chi connectivity index (χ2v) is 5.03. The van der Waals surface area contributed by atoms with Crippen molar-refractivity contribution >= 4 is 5.97 Å². The maximum absolute atomic E-state index is 11.3. The minimum Gasteiger partial charge on any atom is -0.465 e. The summed E-state index contributed by atoms with van der Waals surface area (Å²) in [7, 11) is 3.16. The highest BCUT2D eigenvalue weighted by atomic mass is 16.5. The number of methoxy groups -OCH3 is 2. The number of esters is 1. The normalized spacial score (nSPS) is 19.6. The fourth-order valence-corrected chi connectivity index (χ4v) is 2.55. The van der Waals surface area contributed by atoms with E-state index in [1.807, 2.05) is 24.3 Å². The van der Waals surface area contributed by atoms with E-state index in [4.69, 9.17) is 4.74 Å². The molecule has 0 amide bonds. The third-order valence-electron chi connectivity index (χ3n) is 3.55. The lowest BCUT2D eigenvalue weighted by Crippen LogP contribution is -2.21. The maximum atomic E-state index is 11.3. The minimum absolute atomic E-state index is 0.284. The molecular formula is C15H21NO3. The molecule has 1 saturated heterocycles. The van der Waals surface area contributed by atoms with Crippen LogP contribution in [0.2, 0.25) is 0 Å². The summed E-state index contributed by atoms with van der Waals surface area (Å²) in [6, 6.07) is 7.64. The number of carbonyl (C=O) groups is 1. The molecule has 19 heavy (non-hydrogen) atoms. The van der Waals surface area contributed by atoms with Gasteiger partial charge in [-0.2, -0.15) is 0 Å². The van der Waals surface area contributed by atoms with Gasteiger partial charge in [0, 0.05) is 20.2 Å². The van der Waals surface area contributed by atoms with Crippen molar-refractivity contribution in [1.82, 2.24) is 4.90 Å². The van der Waals surface area contributed by atoms with Crippen LogP contribution in [0.1, 0.15) is 22.3 Å². The Labute approximate surface area is 114 Å². The smallest absolute Gasteiger partial charge is 0.337 e. The number of carbonyl (C=O) groups excluding carboxylic acids is 1. The molecule has 0 bridgehead atoms. The van der Waals surface area contributed by atoms with Gasteiger partial charge in [0.2, 0.25) is 0 Å². The van der Waals surface area contributed by atoms with Gasteiger partial charge < -0.3 is 9.47 Å². The molecule has 0 N–H and O–H groups in total. The first-order valence-corrected chi connectivity index (χ1v) is 6.61. The van der Waals surface area contributed by atoms with Crippen molar-refractivity contribution in [1.29, 1.82) is 0 Å². The van der Waals surface area contributed by atoms with Gasteiger partial charge in [-0.3, -0.25) is 4.90 Å². The van der Waals surface area contributed by atoms with Gasteiger partial charge in [0.15, 0.2) is 0 Å². The van der Waals surface area contributed by atoms with Gasteiger partial charge in [-0.25, -0.2) is 4.79 Å². The Hall–Kier alpha value is -1.39. The number of hydrogen-bond donors (Lipinski definition) is 0. The van der Waals surface area contributed by atoms with Crippen molar-refractivity contribution in [2.24, 2.45) is 5.92 Å². The van der Waals surface area contributed by atoms with Crippen molar-refractivity contribution in [3.8, 4) is 0 Å². The van der Waals surface area contributed by atoms with Crippen LogP contribution < -0.4 is 0 Å². The molecule has 2 rings (SSSR count). The molecule has 1 aliphatic rings. The van der Waals surface area contributed by atoms with Crippen LogP contribution in [-0.4, -0.2) is 44.8 Å². The summed E-state index contributed by atoms with van der Waals surface area (Å²) >= 11 is 0. The molecule has 4 nitrogen and oxygen atoms in total. The number of hydrogen-bond acceptors (Lipinski definition) is 4. The summed E-state index contributed by atoms with van der Waals surface area (Å²) in [5.74, 6) is 0.368. The van der Waals surface area contributed by atoms with Crippen LogP contribution in [-0.2, 0) is 16.0 Å². The third kappa shape index (κ3) is 3.78. The minimum atomic E-state index is -0.284. The summed E-state index contributed by atoms with van der Waals surface area (Å²) < 4.78 is 9.89. The molecule has 4 heteroatoms. The number of benzene rings is 1. The van der Waals surface area contributed by atoms with Crippen LogP contribution in [0.15, 0.2) is 24.3 Å². The van der Waals surface area contributed by atoms with Crippen LogP contribution in [0.4, 0.5) is 0 Å². The SMILES string of the molecule is COCC1CCN(Cc2ccc(C(=O)OC)cc2)C1. The zero-order valence-electron chi connectivity index (χ0n) is 11.6. The lowest BCUT2D eigenvalue weighted by atomic mass is 10.1. The highest BCUT2D eigenvalue weighted by Crippen LogP contribution is 2.19. The number of nitrogens with zero attached hydrogens (tertiary/aromatic N) is 1. The molecule has 0 aromatic heterocycles. The summed E-state index contributed by atoms with van der Waals surface area (Å²) in [6.45, 7) is 3.98. The lowest BCUT2D eigenvalue weighted by Gasteiger charge is -2.16. The van der Waals surface area contributed by atoms with E-state index in [0.29, 0.717) is 11.5 Å². The van der Waals surface area contributed by atoms with Gasteiger partial charge in [0.1, 0.15) is 0 Å². The van der Waals surface area contributed by atoms with E-state index in [0.717, 1.165) is 26.2 Å². The van der Waals surface area contributed by atoms with Crippen molar-refractivity contribution in [3.63, 3.8) is 0 Å². The van der Waals surface area contributed by atoms with Crippen molar-refractivity contribution in [2.75, 3.05) is 33.9 Å². The molecule has 0 aliphatic carbocycles. The first-order valence-electron chi connectivity index (χ1n) is 6.61. The molecule has 1 heterocycles. The molecule has 1 fully saturated rings. The zero-order chi connectivity index (χ0) is 13.7. The first kappa shape index (κ1) is 14.0. The standard InChI is InChI=1S/C15H21NO3/c1-18-11-13-7-8-16(10-13)9-12-3-5-14(6-4-12)15(17)19-2/h3-6,13H,7-11H2,1-2H3. The van der Waals surface area contributed by atoms with Gasteiger partial charge in [-0.15, -0.1) is 0 Å². The van der Waals surface area contributed by atoms with Crippen molar-refractivity contribution in [3.05, 3.63) is 35.4 Å². The van der Waals surface area contributed by atoms with E-state index in [9.17, 15) is 4.79 Å². The average Bonchev–Trinajstić information content (AvgIpc) is 2.86. The largest absolute Gasteiger partial charge is 0.465 e. The van der Waals surface area contributed by atoms with E-state index in [2.05, 4.69) is 9.64 Å². The van der Waals surface area contributed by atoms with Crippen LogP contribution in [0.5, 0.6) is 0 Å². The zero-order valence-corrected chi connectivity index (χ0v) is 11.6. The van der Waals surface area contributed by atoms with Crippen LogP contribution in [0.25, 0.3) is 0 Å². The number of likely N-dealkylation sites (tertiary alicyclic amines) is 1. The van der Waals surface area contributed by atoms with E-state index in [1.165, 1.54) is 19.1 Å². The van der Waals surface area contributed by atoms with Gasteiger partial charge in [0.05, 0.1) is 19.3 Å². The fourth-order valence-electron chi connectivity index (χ4n) is 2.55. The second-order valence-electron chi connectivity index (χ2n) is 5.03. The van der Waals surface area contributed by atoms with E-state index < -0.39 is 0 Å². The predicted octanol–water partition coefficient (Wildman–Crippen LogP) is 1.94. The predicted molar refractivity (Wildman–Crippen MR) is 73.0 cm³/mol. The summed E-state index contributed by atoms with van der Waals surface area (Å²) in [5.41, 5.74) is 1.83. The topological polar surface area (TPSA) is 38.8 Å². The molecule has 0 spiro atoms. The maximum Gasteiger partial charge on any atom is 0.337 e. The van der Waals surface area contributed by atoms with E-state index in [-0.39, 0.29) is 5.97 Å². The van der Waals surface area contributed by atoms with Gasteiger partial charge >= 0.3 is 5.97 Å². The third-order valence-corrected chi connectivity index (χ3v) is 3.55. The first-order chi connectivity index (χ1) is 9.22. The molecule has 1 aliphatic heterocycles. The fraction of sp³-hybridized carbons (Fsp3) is 0.533. The van der Waals surface area contributed by atoms with Gasteiger partial charge in [0.25, 0.3) is 0 Å². The Bertz CT molecular complexity index is 416. The van der Waals surface area contributed by atoms with Crippen LogP contribution >= 0.6 is 0 Å². The van der Waals surface area contributed by atoms with Crippen LogP contribution in [0, 0.1) is 5.92 Å². The Morgan fingerprint density at radius 3 is 2.68 bits per heavy atom. The molecular weight excluding hydrogens is 242 g/mol. The number of ether oxygens (including phenoxy) is 2. The quantitative estimate of drug-likeness (QED) is 0.761. The second kappa shape index (κ2) is 6.68. The van der Waals surface area contributed by atoms with Gasteiger partial charge in [-0.05, 0) is 36.6 Å². The molecule has 1 aromatic rings. The Balaban J connectivity index is 1.88. The Kier molecular flexibility index (Phi) is 4.93. The number of rotatable bonds is 5. The molecule has 104 valence electrons. The van der Waals surface area contributed by atoms with Crippen molar-refractivity contribution < 1.29 is 14.3 Å². The monoisotopic (exact) mass is 263 g/mol. The summed E-state index contributed by atoms with van der Waals surface area (Å²) in [5, 5.41) is 0. The molecule has 0 saturated carbocycles. The highest BCUT2D eigenvalue weighted by molar-refractivity contribution is 5.89. The van der Waals surface area contributed by atoms with E-state index >= 15 is 0 Å². The molecule has 0 radical (unpaired) electrons. The Morgan fingerprint density at radius 1 is 1.32 bits per heavy atom. The average molecular weight is 263 g/mol. The van der Waals surface area contributed by atoms with Crippen molar-refractivity contribution in [2.45, 2.75) is 13.0 Å². The molecule has 1 unspecified atom stereocenters. The van der Waals surface area contributed by atoms with Gasteiger partial charge in [-0.1, -0.05) is 12.1 Å². The molecule has 1 atom stereocenters. The lowest BCUT2D eigenvalue weighted by molar-refractivity contribution is 0.0600. The Morgan fingerprint density at radius 2 is 2.05 bits per heavy atom. The van der Waals surface area contributed by atoms with Crippen LogP contribution in [0.3, 0.4) is 0 Å². The highest BCUT2D eigenvalue weighted by Gasteiger charge is 2.22. The summed E-state index contributed by atoms with van der Waals surface area (Å²) in [6.07, 6.45) is 1.20. The van der Waals surface area contributed by atoms with E-state index in [1.54, 1.807) is 7.11 Å².